The van der Waals surface area contributed by atoms with Gasteiger partial charge in [-0.2, -0.15) is 0 Å². The SMILES string of the molecule is Cc1cc2c(C#CCOCNC(=O)CN)c3c(nc2cc1F)-c1cc2c(c(=O)n1C3)COC(=O)[C@H]2O. The molecule has 10 nitrogen and oxygen atoms in total. The lowest BCUT2D eigenvalue weighted by Gasteiger charge is -2.21. The molecular weight excluding hydrogens is 471 g/mol. The molecule has 0 bridgehead atoms. The number of hydrogen-bond acceptors (Lipinski definition) is 8. The number of nitrogens with one attached hydrogen (secondary N) is 1. The number of aliphatic hydroxyl groups is 1. The first-order chi connectivity index (χ1) is 17.3. The van der Waals surface area contributed by atoms with E-state index in [4.69, 9.17) is 15.2 Å². The van der Waals surface area contributed by atoms with Crippen LogP contribution in [0.15, 0.2) is 23.0 Å². The standard InChI is InChI=1S/C25H21FN4O6/c1-12-5-14-13(3-2-4-35-11-28-21(31)8-27)16-9-30-20(22(16)29-19(14)7-18(12)26)6-15-17(24(30)33)10-36-25(34)23(15)32/h5-7,23,32H,4,8-11,27H2,1H3,(H,28,31)/t23-/m0/s1. The van der Waals surface area contributed by atoms with E-state index in [0.717, 1.165) is 0 Å². The lowest BCUT2D eigenvalue weighted by Crippen LogP contribution is -2.32. The molecule has 11 heteroatoms. The minimum atomic E-state index is -1.58. The van der Waals surface area contributed by atoms with Gasteiger partial charge in [0.25, 0.3) is 5.56 Å². The average molecular weight is 492 g/mol. The van der Waals surface area contributed by atoms with Crippen molar-refractivity contribution in [2.45, 2.75) is 26.2 Å². The summed E-state index contributed by atoms with van der Waals surface area (Å²) in [4.78, 5) is 40.9. The highest BCUT2D eigenvalue weighted by Crippen LogP contribution is 2.38. The highest BCUT2D eigenvalue weighted by molar-refractivity contribution is 5.91. The van der Waals surface area contributed by atoms with E-state index in [1.165, 1.54) is 10.6 Å². The van der Waals surface area contributed by atoms with Crippen LogP contribution in [0.3, 0.4) is 0 Å². The molecule has 4 N–H and O–H groups in total. The lowest BCUT2D eigenvalue weighted by molar-refractivity contribution is -0.157. The number of cyclic esters (lactones) is 1. The number of nitrogens with two attached hydrogens (primary N) is 1. The quantitative estimate of drug-likeness (QED) is 0.160. The van der Waals surface area contributed by atoms with Crippen molar-refractivity contribution in [3.05, 3.63) is 62.2 Å². The Morgan fingerprint density at radius 1 is 1.36 bits per heavy atom. The molecular formula is C25H21FN4O6. The second-order valence-electron chi connectivity index (χ2n) is 8.40. The van der Waals surface area contributed by atoms with Gasteiger partial charge in [-0.15, -0.1) is 0 Å². The number of hydrogen-bond donors (Lipinski definition) is 3. The number of halogens is 1. The van der Waals surface area contributed by atoms with Crippen LogP contribution in [0.4, 0.5) is 4.39 Å². The van der Waals surface area contributed by atoms with E-state index < -0.39 is 23.4 Å². The summed E-state index contributed by atoms with van der Waals surface area (Å²) in [7, 11) is 0. The van der Waals surface area contributed by atoms with E-state index >= 15 is 0 Å². The summed E-state index contributed by atoms with van der Waals surface area (Å²) in [6, 6.07) is 4.51. The Morgan fingerprint density at radius 2 is 2.17 bits per heavy atom. The van der Waals surface area contributed by atoms with E-state index in [9.17, 15) is 23.9 Å². The maximum absolute atomic E-state index is 14.4. The van der Waals surface area contributed by atoms with Crippen LogP contribution < -0.4 is 16.6 Å². The van der Waals surface area contributed by atoms with Gasteiger partial charge in [0.15, 0.2) is 6.10 Å². The molecule has 0 saturated carbocycles. The Hall–Kier alpha value is -4.11. The molecule has 2 aliphatic rings. The first-order valence-electron chi connectivity index (χ1n) is 11.1. The van der Waals surface area contributed by atoms with E-state index in [-0.39, 0.29) is 50.1 Å². The molecule has 0 aliphatic carbocycles. The number of aliphatic hydroxyl groups excluding tert-OH is 1. The number of ether oxygens (including phenoxy) is 2. The predicted octanol–water partition coefficient (Wildman–Crippen LogP) is 0.363. The summed E-state index contributed by atoms with van der Waals surface area (Å²) in [6.45, 7) is 1.34. The highest BCUT2D eigenvalue weighted by Gasteiger charge is 2.34. The molecule has 1 atom stereocenters. The zero-order valence-electron chi connectivity index (χ0n) is 19.2. The fourth-order valence-electron chi connectivity index (χ4n) is 4.33. The molecule has 0 unspecified atom stereocenters. The third-order valence-corrected chi connectivity index (χ3v) is 6.18. The fourth-order valence-corrected chi connectivity index (χ4v) is 4.33. The molecule has 0 saturated heterocycles. The summed E-state index contributed by atoms with van der Waals surface area (Å²) in [6.07, 6.45) is -1.58. The number of aryl methyl sites for hydroxylation is 1. The first-order valence-corrected chi connectivity index (χ1v) is 11.1. The molecule has 36 heavy (non-hydrogen) atoms. The van der Waals surface area contributed by atoms with Crippen molar-refractivity contribution in [2.75, 3.05) is 19.9 Å². The van der Waals surface area contributed by atoms with Crippen molar-refractivity contribution in [1.29, 1.82) is 0 Å². The van der Waals surface area contributed by atoms with Gasteiger partial charge in [0.2, 0.25) is 5.91 Å². The van der Waals surface area contributed by atoms with Crippen LogP contribution in [0.25, 0.3) is 22.3 Å². The van der Waals surface area contributed by atoms with Crippen LogP contribution in [0.1, 0.15) is 33.9 Å². The van der Waals surface area contributed by atoms with Crippen LogP contribution in [0, 0.1) is 24.6 Å². The number of pyridine rings is 2. The predicted molar refractivity (Wildman–Crippen MR) is 125 cm³/mol. The minimum absolute atomic E-state index is 0.00352. The van der Waals surface area contributed by atoms with Gasteiger partial charge in [0.1, 0.15) is 25.8 Å². The average Bonchev–Trinajstić information content (AvgIpc) is 3.22. The zero-order chi connectivity index (χ0) is 25.6. The molecule has 4 heterocycles. The van der Waals surface area contributed by atoms with Crippen LogP contribution in [-0.4, -0.2) is 46.4 Å². The maximum Gasteiger partial charge on any atom is 0.340 e. The molecule has 1 aromatic carbocycles. The van der Waals surface area contributed by atoms with E-state index in [1.54, 1.807) is 19.1 Å². The molecule has 5 rings (SSSR count). The molecule has 3 aromatic rings. The van der Waals surface area contributed by atoms with Gasteiger partial charge in [0.05, 0.1) is 35.6 Å². The van der Waals surface area contributed by atoms with Crippen molar-refractivity contribution < 1.29 is 28.6 Å². The Bertz CT molecular complexity index is 1570. The summed E-state index contributed by atoms with van der Waals surface area (Å²) >= 11 is 0. The van der Waals surface area contributed by atoms with Crippen molar-refractivity contribution >= 4 is 22.8 Å². The number of carbonyl (C=O) groups excluding carboxylic acids is 2. The topological polar surface area (TPSA) is 146 Å². The Morgan fingerprint density at radius 3 is 2.94 bits per heavy atom. The zero-order valence-corrected chi connectivity index (χ0v) is 19.2. The summed E-state index contributed by atoms with van der Waals surface area (Å²) < 4.78 is 26.1. The molecule has 2 aliphatic heterocycles. The van der Waals surface area contributed by atoms with E-state index in [0.29, 0.717) is 39.0 Å². The number of esters is 1. The number of benzene rings is 1. The van der Waals surface area contributed by atoms with Gasteiger partial charge in [-0.3, -0.25) is 9.59 Å². The van der Waals surface area contributed by atoms with Crippen molar-refractivity contribution in [3.63, 3.8) is 0 Å². The number of rotatable bonds is 4. The third kappa shape index (κ3) is 3.91. The fraction of sp³-hybridized carbons (Fsp3) is 0.280. The van der Waals surface area contributed by atoms with Gasteiger partial charge in [-0.1, -0.05) is 11.8 Å². The number of nitrogens with zero attached hydrogens (tertiary/aromatic N) is 2. The van der Waals surface area contributed by atoms with Gasteiger partial charge in [-0.05, 0) is 24.6 Å². The van der Waals surface area contributed by atoms with Crippen molar-refractivity contribution in [1.82, 2.24) is 14.9 Å². The molecule has 184 valence electrons. The number of carbonyl (C=O) groups is 2. The second kappa shape index (κ2) is 9.16. The van der Waals surface area contributed by atoms with Crippen molar-refractivity contribution in [3.8, 4) is 23.2 Å². The summed E-state index contributed by atoms with van der Waals surface area (Å²) in [5.74, 6) is 4.32. The van der Waals surface area contributed by atoms with Crippen LogP contribution in [0.5, 0.6) is 0 Å². The molecule has 0 spiro atoms. The van der Waals surface area contributed by atoms with E-state index in [2.05, 4.69) is 22.1 Å². The van der Waals surface area contributed by atoms with E-state index in [1.807, 2.05) is 0 Å². The Balaban J connectivity index is 1.61. The molecule has 1 amide bonds. The number of amides is 1. The normalized spacial score (nSPS) is 15.4. The number of aromatic nitrogens is 2. The van der Waals surface area contributed by atoms with Gasteiger partial charge >= 0.3 is 5.97 Å². The monoisotopic (exact) mass is 492 g/mol. The Kier molecular flexibility index (Phi) is 6.01. The van der Waals surface area contributed by atoms with Crippen molar-refractivity contribution in [2.24, 2.45) is 5.73 Å². The largest absolute Gasteiger partial charge is 0.458 e. The van der Waals surface area contributed by atoms with Crippen LogP contribution in [0.2, 0.25) is 0 Å². The third-order valence-electron chi connectivity index (χ3n) is 6.18. The van der Waals surface area contributed by atoms with Gasteiger partial charge in [0, 0.05) is 28.1 Å². The van der Waals surface area contributed by atoms with Gasteiger partial charge < -0.3 is 30.2 Å². The number of fused-ring (bicyclic) bond motifs is 5. The molecule has 0 fully saturated rings. The summed E-state index contributed by atoms with van der Waals surface area (Å²) in [5, 5.41) is 13.4. The second-order valence-corrected chi connectivity index (χ2v) is 8.40. The molecule has 0 radical (unpaired) electrons. The Labute approximate surface area is 203 Å². The molecule has 2 aromatic heterocycles. The van der Waals surface area contributed by atoms with Crippen LogP contribution >= 0.6 is 0 Å². The summed E-state index contributed by atoms with van der Waals surface area (Å²) in [5.41, 5.74) is 7.97. The van der Waals surface area contributed by atoms with Gasteiger partial charge in [-0.25, -0.2) is 14.2 Å². The smallest absolute Gasteiger partial charge is 0.340 e. The highest BCUT2D eigenvalue weighted by atomic mass is 19.1. The minimum Gasteiger partial charge on any atom is -0.458 e. The van der Waals surface area contributed by atoms with Crippen LogP contribution in [-0.2, 0) is 32.2 Å². The lowest BCUT2D eigenvalue weighted by atomic mass is 9.98. The maximum atomic E-state index is 14.4. The first kappa shape index (κ1) is 23.6.